The van der Waals surface area contributed by atoms with Crippen LogP contribution in [0.15, 0.2) is 0 Å². The van der Waals surface area contributed by atoms with Crippen molar-refractivity contribution >= 4 is 11.9 Å². The highest BCUT2D eigenvalue weighted by Gasteiger charge is 2.18. The van der Waals surface area contributed by atoms with E-state index >= 15 is 0 Å². The lowest BCUT2D eigenvalue weighted by atomic mass is 10.0. The number of anilines is 2. The van der Waals surface area contributed by atoms with Crippen molar-refractivity contribution in [3.8, 4) is 6.01 Å². The molecule has 1 saturated heterocycles. The predicted molar refractivity (Wildman–Crippen MR) is 77.4 cm³/mol. The van der Waals surface area contributed by atoms with E-state index in [1.165, 1.54) is 6.42 Å². The molecule has 7 nitrogen and oxygen atoms in total. The van der Waals surface area contributed by atoms with E-state index in [0.717, 1.165) is 26.2 Å². The maximum Gasteiger partial charge on any atom is 0.323 e. The number of nitrogens with zero attached hydrogens (tertiary/aromatic N) is 4. The van der Waals surface area contributed by atoms with Crippen molar-refractivity contribution in [3.63, 3.8) is 0 Å². The summed E-state index contributed by atoms with van der Waals surface area (Å²) in [7, 11) is 3.77. The van der Waals surface area contributed by atoms with Crippen LogP contribution in [-0.4, -0.2) is 55.4 Å². The molecule has 1 aliphatic rings. The van der Waals surface area contributed by atoms with Crippen molar-refractivity contribution in [2.45, 2.75) is 19.8 Å². The quantitative estimate of drug-likeness (QED) is 0.839. The van der Waals surface area contributed by atoms with Gasteiger partial charge in [0.1, 0.15) is 0 Å². The van der Waals surface area contributed by atoms with E-state index < -0.39 is 0 Å². The fraction of sp³-hybridized carbons (Fsp3) is 0.769. The van der Waals surface area contributed by atoms with Crippen LogP contribution in [0.2, 0.25) is 0 Å². The molecule has 1 aliphatic heterocycles. The first-order chi connectivity index (χ1) is 9.72. The van der Waals surface area contributed by atoms with Gasteiger partial charge in [-0.25, -0.2) is 0 Å². The Morgan fingerprint density at radius 3 is 2.90 bits per heavy atom. The molecule has 2 heterocycles. The lowest BCUT2D eigenvalue weighted by molar-refractivity contribution is 0.0575. The first kappa shape index (κ1) is 14.8. The molecule has 0 aliphatic carbocycles. The molecule has 1 aromatic heterocycles. The third kappa shape index (κ3) is 3.93. The van der Waals surface area contributed by atoms with E-state index in [2.05, 4.69) is 20.3 Å². The average Bonchev–Trinajstić information content (AvgIpc) is 2.48. The minimum absolute atomic E-state index is 0.355. The van der Waals surface area contributed by atoms with Crippen molar-refractivity contribution in [1.82, 2.24) is 15.0 Å². The third-order valence-corrected chi connectivity index (χ3v) is 3.23. The molecule has 0 amide bonds. The molecule has 2 rings (SSSR count). The van der Waals surface area contributed by atoms with E-state index in [4.69, 9.17) is 9.47 Å². The number of aromatic nitrogens is 3. The van der Waals surface area contributed by atoms with Gasteiger partial charge in [0, 0.05) is 27.2 Å². The van der Waals surface area contributed by atoms with Crippen LogP contribution in [0.1, 0.15) is 19.8 Å². The van der Waals surface area contributed by atoms with Gasteiger partial charge < -0.3 is 19.7 Å². The topological polar surface area (TPSA) is 72.4 Å². The maximum absolute atomic E-state index is 5.51. The van der Waals surface area contributed by atoms with Crippen LogP contribution in [0.5, 0.6) is 6.01 Å². The van der Waals surface area contributed by atoms with E-state index in [1.54, 1.807) is 7.05 Å². The van der Waals surface area contributed by atoms with Crippen molar-refractivity contribution in [3.05, 3.63) is 0 Å². The zero-order chi connectivity index (χ0) is 14.4. The number of ether oxygens (including phenoxy) is 2. The molecule has 0 bridgehead atoms. The predicted octanol–water partition coefficient (Wildman–Crippen LogP) is 1.17. The number of hydrogen-bond acceptors (Lipinski definition) is 7. The molecular weight excluding hydrogens is 258 g/mol. The number of nitrogens with one attached hydrogen (secondary N) is 1. The Morgan fingerprint density at radius 1 is 1.40 bits per heavy atom. The Kier molecular flexibility index (Phi) is 5.34. The minimum Gasteiger partial charge on any atom is -0.464 e. The summed E-state index contributed by atoms with van der Waals surface area (Å²) in [4.78, 5) is 14.9. The van der Waals surface area contributed by atoms with Crippen molar-refractivity contribution in [2.24, 2.45) is 5.92 Å². The van der Waals surface area contributed by atoms with Crippen LogP contribution in [0.4, 0.5) is 11.9 Å². The molecule has 1 unspecified atom stereocenters. The van der Waals surface area contributed by atoms with Crippen molar-refractivity contribution in [2.75, 3.05) is 50.7 Å². The van der Waals surface area contributed by atoms with E-state index in [0.29, 0.717) is 30.4 Å². The normalized spacial score (nSPS) is 18.6. The zero-order valence-electron chi connectivity index (χ0n) is 12.4. The van der Waals surface area contributed by atoms with Crippen LogP contribution in [0.3, 0.4) is 0 Å². The van der Waals surface area contributed by atoms with Gasteiger partial charge in [-0.15, -0.1) is 0 Å². The second-order valence-corrected chi connectivity index (χ2v) is 4.89. The number of hydrogen-bond donors (Lipinski definition) is 1. The zero-order valence-corrected chi connectivity index (χ0v) is 12.4. The van der Waals surface area contributed by atoms with Crippen LogP contribution >= 0.6 is 0 Å². The van der Waals surface area contributed by atoms with Gasteiger partial charge in [-0.2, -0.15) is 15.0 Å². The fourth-order valence-electron chi connectivity index (χ4n) is 2.24. The summed E-state index contributed by atoms with van der Waals surface area (Å²) in [6.07, 6.45) is 2.31. The summed E-state index contributed by atoms with van der Waals surface area (Å²) < 4.78 is 10.9. The molecule has 20 heavy (non-hydrogen) atoms. The average molecular weight is 281 g/mol. The molecule has 112 valence electrons. The van der Waals surface area contributed by atoms with Gasteiger partial charge in [0.2, 0.25) is 11.9 Å². The molecule has 1 aromatic rings. The largest absolute Gasteiger partial charge is 0.464 e. The maximum atomic E-state index is 5.51. The highest BCUT2D eigenvalue weighted by atomic mass is 16.5. The fourth-order valence-corrected chi connectivity index (χ4v) is 2.24. The lowest BCUT2D eigenvalue weighted by Crippen LogP contribution is -2.32. The van der Waals surface area contributed by atoms with Crippen LogP contribution in [-0.2, 0) is 4.74 Å². The minimum atomic E-state index is 0.355. The van der Waals surface area contributed by atoms with Gasteiger partial charge in [0.25, 0.3) is 0 Å². The lowest BCUT2D eigenvalue weighted by Gasteiger charge is -2.27. The SMILES string of the molecule is CCOc1nc(NC)nc(N(C)CC2CCCOC2)n1. The van der Waals surface area contributed by atoms with Crippen molar-refractivity contribution < 1.29 is 9.47 Å². The monoisotopic (exact) mass is 281 g/mol. The highest BCUT2D eigenvalue weighted by Crippen LogP contribution is 2.18. The molecule has 1 N–H and O–H groups in total. The molecule has 0 aromatic carbocycles. The second kappa shape index (κ2) is 7.23. The van der Waals surface area contributed by atoms with Crippen LogP contribution in [0, 0.1) is 5.92 Å². The Hall–Kier alpha value is -1.63. The van der Waals surface area contributed by atoms with Gasteiger partial charge in [0.15, 0.2) is 0 Å². The molecular formula is C13H23N5O2. The Balaban J connectivity index is 2.06. The molecule has 0 spiro atoms. The summed E-state index contributed by atoms with van der Waals surface area (Å²) in [5.74, 6) is 1.67. The first-order valence-electron chi connectivity index (χ1n) is 7.08. The molecule has 1 atom stereocenters. The van der Waals surface area contributed by atoms with Crippen molar-refractivity contribution in [1.29, 1.82) is 0 Å². The Bertz CT molecular complexity index is 423. The summed E-state index contributed by atoms with van der Waals surface area (Å²) in [6.45, 7) is 5.01. The smallest absolute Gasteiger partial charge is 0.323 e. The molecule has 7 heteroatoms. The summed E-state index contributed by atoms with van der Waals surface area (Å²) >= 11 is 0. The van der Waals surface area contributed by atoms with Crippen LogP contribution < -0.4 is 15.0 Å². The Morgan fingerprint density at radius 2 is 2.25 bits per heavy atom. The molecule has 1 fully saturated rings. The summed E-state index contributed by atoms with van der Waals surface area (Å²) in [6, 6.07) is 0.355. The highest BCUT2D eigenvalue weighted by molar-refractivity contribution is 5.37. The van der Waals surface area contributed by atoms with Gasteiger partial charge in [-0.05, 0) is 25.7 Å². The third-order valence-electron chi connectivity index (χ3n) is 3.23. The molecule has 0 saturated carbocycles. The van der Waals surface area contributed by atoms with Gasteiger partial charge in [0.05, 0.1) is 13.2 Å². The van der Waals surface area contributed by atoms with E-state index in [-0.39, 0.29) is 0 Å². The summed E-state index contributed by atoms with van der Waals surface area (Å²) in [5, 5.41) is 2.93. The van der Waals surface area contributed by atoms with Crippen LogP contribution in [0.25, 0.3) is 0 Å². The van der Waals surface area contributed by atoms with E-state index in [1.807, 2.05) is 18.9 Å². The summed E-state index contributed by atoms with van der Waals surface area (Å²) in [5.41, 5.74) is 0. The second-order valence-electron chi connectivity index (χ2n) is 4.89. The first-order valence-corrected chi connectivity index (χ1v) is 7.08. The number of rotatable bonds is 6. The van der Waals surface area contributed by atoms with Gasteiger partial charge in [-0.1, -0.05) is 0 Å². The Labute approximate surface area is 119 Å². The van der Waals surface area contributed by atoms with Gasteiger partial charge in [-0.3, -0.25) is 0 Å². The van der Waals surface area contributed by atoms with E-state index in [9.17, 15) is 0 Å². The molecule has 0 radical (unpaired) electrons. The standard InChI is InChI=1S/C13H23N5O2/c1-4-20-13-16-11(14-2)15-12(17-13)18(3)8-10-6-5-7-19-9-10/h10H,4-9H2,1-3H3,(H,14,15,16,17). The van der Waals surface area contributed by atoms with Gasteiger partial charge >= 0.3 is 6.01 Å².